The van der Waals surface area contributed by atoms with Gasteiger partial charge >= 0.3 is 0 Å². The zero-order chi connectivity index (χ0) is 21.2. The minimum Gasteiger partial charge on any atom is -0.391 e. The number of benzene rings is 2. The highest BCUT2D eigenvalue weighted by molar-refractivity contribution is 7.90. The van der Waals surface area contributed by atoms with E-state index in [0.29, 0.717) is 22.5 Å². The SMILES string of the molecule is Cc1ccc(C(=O)c2ccc(CC(O)C(C)(c3ccccc3)S(N)(=O)=O)[nH]2)cc1. The summed E-state index contributed by atoms with van der Waals surface area (Å²) in [5.41, 5.74) is 2.91. The summed E-state index contributed by atoms with van der Waals surface area (Å²) in [6.45, 7) is 3.35. The molecule has 6 nitrogen and oxygen atoms in total. The van der Waals surface area contributed by atoms with Gasteiger partial charge in [0.1, 0.15) is 4.75 Å². The van der Waals surface area contributed by atoms with E-state index in [1.54, 1.807) is 54.6 Å². The van der Waals surface area contributed by atoms with Gasteiger partial charge in [0.15, 0.2) is 0 Å². The highest BCUT2D eigenvalue weighted by Crippen LogP contribution is 2.33. The van der Waals surface area contributed by atoms with Gasteiger partial charge in [0.05, 0.1) is 11.8 Å². The molecule has 1 aromatic heterocycles. The van der Waals surface area contributed by atoms with E-state index in [0.717, 1.165) is 5.56 Å². The number of aliphatic hydroxyl groups is 1. The fourth-order valence-corrected chi connectivity index (χ4v) is 4.20. The summed E-state index contributed by atoms with van der Waals surface area (Å²) in [7, 11) is -4.12. The minimum absolute atomic E-state index is 0.0109. The number of primary sulfonamides is 1. The first kappa shape index (κ1) is 21.0. The van der Waals surface area contributed by atoms with Crippen molar-refractivity contribution < 1.29 is 18.3 Å². The lowest BCUT2D eigenvalue weighted by Crippen LogP contribution is -2.48. The van der Waals surface area contributed by atoms with Crippen molar-refractivity contribution in [1.29, 1.82) is 0 Å². The normalized spacial score (nSPS) is 14.9. The molecule has 0 aliphatic rings. The number of aliphatic hydroxyl groups excluding tert-OH is 1. The molecule has 0 fully saturated rings. The fourth-order valence-electron chi connectivity index (χ4n) is 3.27. The molecule has 2 unspecified atom stereocenters. The van der Waals surface area contributed by atoms with Gasteiger partial charge in [-0.2, -0.15) is 0 Å². The molecular formula is C22H24N2O4S. The number of hydrogen-bond donors (Lipinski definition) is 3. The molecule has 3 rings (SSSR count). The predicted molar refractivity (Wildman–Crippen MR) is 112 cm³/mol. The number of nitrogens with one attached hydrogen (secondary N) is 1. The first-order chi connectivity index (χ1) is 13.6. The van der Waals surface area contributed by atoms with Gasteiger partial charge < -0.3 is 10.1 Å². The average molecular weight is 413 g/mol. The number of nitrogens with two attached hydrogens (primary N) is 1. The third kappa shape index (κ3) is 4.17. The Hall–Kier alpha value is -2.74. The van der Waals surface area contributed by atoms with E-state index in [-0.39, 0.29) is 12.2 Å². The van der Waals surface area contributed by atoms with Gasteiger partial charge in [-0.15, -0.1) is 0 Å². The lowest BCUT2D eigenvalue weighted by Gasteiger charge is -2.32. The van der Waals surface area contributed by atoms with E-state index >= 15 is 0 Å². The van der Waals surface area contributed by atoms with Gasteiger partial charge in [-0.3, -0.25) is 4.79 Å². The third-order valence-corrected chi connectivity index (χ3v) is 6.98. The van der Waals surface area contributed by atoms with Crippen molar-refractivity contribution in [1.82, 2.24) is 4.98 Å². The number of aromatic amines is 1. The summed E-state index contributed by atoms with van der Waals surface area (Å²) in [5.74, 6) is -0.178. The van der Waals surface area contributed by atoms with Crippen LogP contribution in [0, 0.1) is 6.92 Å². The van der Waals surface area contributed by atoms with Crippen LogP contribution in [0.15, 0.2) is 66.7 Å². The smallest absolute Gasteiger partial charge is 0.221 e. The Kier molecular flexibility index (Phi) is 5.75. The standard InChI is InChI=1S/C22H24N2O4S/c1-15-8-10-16(11-9-15)21(26)19-13-12-18(24-19)14-20(25)22(2,29(23,27)28)17-6-4-3-5-7-17/h3-13,20,24-25H,14H2,1-2H3,(H2,23,27,28). The minimum atomic E-state index is -4.12. The Bertz CT molecular complexity index is 1110. The predicted octanol–water partition coefficient (Wildman–Crippen LogP) is 2.66. The van der Waals surface area contributed by atoms with Crippen molar-refractivity contribution >= 4 is 15.8 Å². The molecule has 0 radical (unpaired) electrons. The van der Waals surface area contributed by atoms with Gasteiger partial charge in [-0.25, -0.2) is 13.6 Å². The maximum absolute atomic E-state index is 12.6. The summed E-state index contributed by atoms with van der Waals surface area (Å²) in [5, 5.41) is 16.3. The number of ketones is 1. The summed E-state index contributed by atoms with van der Waals surface area (Å²) in [6, 6.07) is 18.9. The quantitative estimate of drug-likeness (QED) is 0.518. The van der Waals surface area contributed by atoms with Crippen molar-refractivity contribution in [2.75, 3.05) is 0 Å². The van der Waals surface area contributed by atoms with E-state index in [1.807, 2.05) is 19.1 Å². The average Bonchev–Trinajstić information content (AvgIpc) is 3.15. The molecule has 0 bridgehead atoms. The van der Waals surface area contributed by atoms with Crippen LogP contribution < -0.4 is 5.14 Å². The molecule has 29 heavy (non-hydrogen) atoms. The Labute approximate surface area is 170 Å². The molecule has 152 valence electrons. The van der Waals surface area contributed by atoms with Crippen molar-refractivity contribution in [2.24, 2.45) is 5.14 Å². The van der Waals surface area contributed by atoms with E-state index in [1.165, 1.54) is 6.92 Å². The van der Waals surface area contributed by atoms with Crippen LogP contribution in [0.1, 0.15) is 39.8 Å². The molecule has 7 heteroatoms. The molecule has 2 atom stereocenters. The van der Waals surface area contributed by atoms with Gasteiger partial charge in [0.25, 0.3) is 0 Å². The first-order valence-corrected chi connectivity index (χ1v) is 10.7. The van der Waals surface area contributed by atoms with Gasteiger partial charge in [0.2, 0.25) is 15.8 Å². The molecule has 1 heterocycles. The number of hydrogen-bond acceptors (Lipinski definition) is 4. The summed E-state index contributed by atoms with van der Waals surface area (Å²) in [4.78, 5) is 15.6. The summed E-state index contributed by atoms with van der Waals surface area (Å²) >= 11 is 0. The van der Waals surface area contributed by atoms with E-state index in [2.05, 4.69) is 4.98 Å². The van der Waals surface area contributed by atoms with Gasteiger partial charge in [-0.05, 0) is 31.5 Å². The van der Waals surface area contributed by atoms with Crippen molar-refractivity contribution in [2.45, 2.75) is 31.1 Å². The van der Waals surface area contributed by atoms with Crippen LogP contribution in [-0.2, 0) is 21.2 Å². The van der Waals surface area contributed by atoms with Gasteiger partial charge in [0, 0.05) is 17.7 Å². The van der Waals surface area contributed by atoms with Crippen LogP contribution in [-0.4, -0.2) is 30.4 Å². The highest BCUT2D eigenvalue weighted by atomic mass is 32.2. The Morgan fingerprint density at radius 1 is 1.07 bits per heavy atom. The monoisotopic (exact) mass is 412 g/mol. The number of sulfonamides is 1. The van der Waals surface area contributed by atoms with E-state index < -0.39 is 20.9 Å². The molecule has 0 saturated heterocycles. The second-order valence-electron chi connectivity index (χ2n) is 7.33. The molecule has 0 aliphatic heterocycles. The number of aryl methyl sites for hydroxylation is 1. The molecular weight excluding hydrogens is 388 g/mol. The number of carbonyl (C=O) groups is 1. The zero-order valence-electron chi connectivity index (χ0n) is 16.3. The van der Waals surface area contributed by atoms with E-state index in [4.69, 9.17) is 5.14 Å². The third-order valence-electron chi connectivity index (χ3n) is 5.29. The maximum atomic E-state index is 12.6. The molecule has 0 spiro atoms. The maximum Gasteiger partial charge on any atom is 0.221 e. The first-order valence-electron chi connectivity index (χ1n) is 9.18. The van der Waals surface area contributed by atoms with Crippen molar-refractivity contribution in [3.63, 3.8) is 0 Å². The Morgan fingerprint density at radius 3 is 2.28 bits per heavy atom. The van der Waals surface area contributed by atoms with Gasteiger partial charge in [-0.1, -0.05) is 60.2 Å². The van der Waals surface area contributed by atoms with Crippen LogP contribution in [0.4, 0.5) is 0 Å². The van der Waals surface area contributed by atoms with Crippen LogP contribution in [0.5, 0.6) is 0 Å². The van der Waals surface area contributed by atoms with Crippen molar-refractivity contribution in [3.05, 3.63) is 94.8 Å². The lowest BCUT2D eigenvalue weighted by molar-refractivity contribution is 0.103. The number of rotatable bonds is 7. The molecule has 4 N–H and O–H groups in total. The highest BCUT2D eigenvalue weighted by Gasteiger charge is 2.45. The van der Waals surface area contributed by atoms with E-state index in [9.17, 15) is 18.3 Å². The fraction of sp³-hybridized carbons (Fsp3) is 0.227. The lowest BCUT2D eigenvalue weighted by atomic mass is 9.91. The molecule has 0 amide bonds. The summed E-state index contributed by atoms with van der Waals surface area (Å²) < 4.78 is 23.0. The zero-order valence-corrected chi connectivity index (χ0v) is 17.1. The van der Waals surface area contributed by atoms with Crippen LogP contribution in [0.2, 0.25) is 0 Å². The van der Waals surface area contributed by atoms with Crippen LogP contribution >= 0.6 is 0 Å². The second kappa shape index (κ2) is 7.94. The molecule has 0 aliphatic carbocycles. The second-order valence-corrected chi connectivity index (χ2v) is 9.27. The topological polar surface area (TPSA) is 113 Å². The molecule has 3 aromatic rings. The number of aromatic nitrogens is 1. The number of carbonyl (C=O) groups excluding carboxylic acids is 1. The molecule has 0 saturated carbocycles. The number of H-pyrrole nitrogens is 1. The van der Waals surface area contributed by atoms with Crippen molar-refractivity contribution in [3.8, 4) is 0 Å². The molecule has 2 aromatic carbocycles. The largest absolute Gasteiger partial charge is 0.391 e. The Balaban J connectivity index is 1.86. The Morgan fingerprint density at radius 2 is 1.69 bits per heavy atom. The summed E-state index contributed by atoms with van der Waals surface area (Å²) in [6.07, 6.45) is -1.33. The van der Waals surface area contributed by atoms with Crippen LogP contribution in [0.25, 0.3) is 0 Å². The van der Waals surface area contributed by atoms with Crippen LogP contribution in [0.3, 0.4) is 0 Å².